The highest BCUT2D eigenvalue weighted by molar-refractivity contribution is 7.19. The molecule has 2 heterocycles. The van der Waals surface area contributed by atoms with Crippen molar-refractivity contribution in [2.24, 2.45) is 0 Å². The first-order valence-electron chi connectivity index (χ1n) is 9.05. The minimum Gasteiger partial charge on any atom is -0.357 e. The van der Waals surface area contributed by atoms with Crippen molar-refractivity contribution in [1.82, 2.24) is 4.98 Å². The van der Waals surface area contributed by atoms with E-state index in [9.17, 15) is 9.59 Å². The predicted octanol–water partition coefficient (Wildman–Crippen LogP) is 5.64. The Hall–Kier alpha value is -3.18. The van der Waals surface area contributed by atoms with Gasteiger partial charge in [-0.2, -0.15) is 0 Å². The topological polar surface area (TPSA) is 62.0 Å². The molecule has 0 atom stereocenters. The van der Waals surface area contributed by atoms with Crippen molar-refractivity contribution in [3.8, 4) is 0 Å². The second kappa shape index (κ2) is 7.09. The average molecular weight is 388 g/mol. The molecule has 0 aliphatic carbocycles. The Kier molecular flexibility index (Phi) is 4.61. The van der Waals surface area contributed by atoms with E-state index in [4.69, 9.17) is 0 Å². The molecule has 0 spiro atoms. The summed E-state index contributed by atoms with van der Waals surface area (Å²) in [5.74, 6) is -0.325. The summed E-state index contributed by atoms with van der Waals surface area (Å²) >= 11 is 1.61. The third-order valence-electron chi connectivity index (χ3n) is 4.98. The fourth-order valence-corrected chi connectivity index (χ4v) is 4.54. The highest BCUT2D eigenvalue weighted by Gasteiger charge is 2.22. The minimum atomic E-state index is -0.210. The molecule has 0 aliphatic heterocycles. The van der Waals surface area contributed by atoms with Gasteiger partial charge in [-0.25, -0.2) is 0 Å². The average Bonchev–Trinajstić information content (AvgIpc) is 3.16. The first-order chi connectivity index (χ1) is 13.5. The van der Waals surface area contributed by atoms with Crippen LogP contribution in [0.25, 0.3) is 10.2 Å². The molecule has 1 amide bonds. The van der Waals surface area contributed by atoms with Crippen LogP contribution in [-0.4, -0.2) is 16.7 Å². The molecule has 4 rings (SSSR count). The molecular formula is C23H20N2O2S. The largest absolute Gasteiger partial charge is 0.357 e. The van der Waals surface area contributed by atoms with E-state index in [0.29, 0.717) is 22.4 Å². The van der Waals surface area contributed by atoms with Gasteiger partial charge in [-0.3, -0.25) is 9.59 Å². The number of fused-ring (bicyclic) bond motifs is 1. The lowest BCUT2D eigenvalue weighted by Gasteiger charge is -2.10. The van der Waals surface area contributed by atoms with E-state index in [1.165, 1.54) is 5.56 Å². The molecule has 0 unspecified atom stereocenters. The summed E-state index contributed by atoms with van der Waals surface area (Å²) in [5.41, 5.74) is 5.32. The number of aromatic nitrogens is 1. The van der Waals surface area contributed by atoms with E-state index < -0.39 is 0 Å². The molecular weight excluding hydrogens is 368 g/mol. The number of carbonyl (C=O) groups excluding carboxylic acids is 2. The molecule has 0 fully saturated rings. The second-order valence-electron chi connectivity index (χ2n) is 6.81. The van der Waals surface area contributed by atoms with E-state index in [1.54, 1.807) is 41.7 Å². The van der Waals surface area contributed by atoms with Crippen molar-refractivity contribution in [3.63, 3.8) is 0 Å². The summed E-state index contributed by atoms with van der Waals surface area (Å²) in [7, 11) is 0. The first kappa shape index (κ1) is 18.2. The van der Waals surface area contributed by atoms with Crippen molar-refractivity contribution in [2.75, 3.05) is 5.32 Å². The van der Waals surface area contributed by atoms with Gasteiger partial charge < -0.3 is 10.3 Å². The number of carbonyl (C=O) groups is 2. The lowest BCUT2D eigenvalue weighted by atomic mass is 10.0. The zero-order chi connectivity index (χ0) is 19.8. The number of amides is 1. The van der Waals surface area contributed by atoms with Gasteiger partial charge >= 0.3 is 0 Å². The zero-order valence-corrected chi connectivity index (χ0v) is 16.7. The molecule has 4 aromatic rings. The maximum absolute atomic E-state index is 13.1. The van der Waals surface area contributed by atoms with Crippen molar-refractivity contribution in [3.05, 3.63) is 87.4 Å². The molecule has 0 bridgehead atoms. The maximum atomic E-state index is 13.1. The summed E-state index contributed by atoms with van der Waals surface area (Å²) in [6.07, 6.45) is 0. The molecule has 0 aliphatic rings. The molecule has 2 aromatic heterocycles. The van der Waals surface area contributed by atoms with Gasteiger partial charge in [0.2, 0.25) is 0 Å². The Morgan fingerprint density at radius 3 is 2.36 bits per heavy atom. The molecule has 2 N–H and O–H groups in total. The van der Waals surface area contributed by atoms with Gasteiger partial charge in [0.05, 0.1) is 21.5 Å². The normalized spacial score (nSPS) is 11.0. The molecule has 5 heteroatoms. The predicted molar refractivity (Wildman–Crippen MR) is 115 cm³/mol. The zero-order valence-electron chi connectivity index (χ0n) is 15.9. The molecule has 28 heavy (non-hydrogen) atoms. The highest BCUT2D eigenvalue weighted by atomic mass is 32.1. The van der Waals surface area contributed by atoms with Crippen LogP contribution in [0.2, 0.25) is 0 Å². The number of para-hydroxylation sites is 1. The number of rotatable bonds is 4. The van der Waals surface area contributed by atoms with E-state index in [1.807, 2.05) is 38.1 Å². The minimum absolute atomic E-state index is 0.116. The number of hydrogen-bond acceptors (Lipinski definition) is 3. The van der Waals surface area contributed by atoms with Gasteiger partial charge in [0.25, 0.3) is 5.91 Å². The number of nitrogens with one attached hydrogen (secondary N) is 2. The van der Waals surface area contributed by atoms with Crippen LogP contribution in [0.1, 0.15) is 42.4 Å². The fraction of sp³-hybridized carbons (Fsp3) is 0.130. The molecule has 4 nitrogen and oxygen atoms in total. The van der Waals surface area contributed by atoms with E-state index in [2.05, 4.69) is 17.2 Å². The van der Waals surface area contributed by atoms with Gasteiger partial charge in [0.15, 0.2) is 5.78 Å². The van der Waals surface area contributed by atoms with Gasteiger partial charge in [0, 0.05) is 21.7 Å². The van der Waals surface area contributed by atoms with E-state index >= 15 is 0 Å². The Morgan fingerprint density at radius 1 is 0.929 bits per heavy atom. The summed E-state index contributed by atoms with van der Waals surface area (Å²) < 4.78 is 1.11. The number of aryl methyl sites for hydroxylation is 3. The van der Waals surface area contributed by atoms with Crippen molar-refractivity contribution < 1.29 is 9.59 Å². The van der Waals surface area contributed by atoms with Crippen LogP contribution < -0.4 is 5.32 Å². The van der Waals surface area contributed by atoms with Crippen LogP contribution >= 0.6 is 11.3 Å². The number of benzene rings is 2. The van der Waals surface area contributed by atoms with Crippen LogP contribution in [0.3, 0.4) is 0 Å². The van der Waals surface area contributed by atoms with Crippen LogP contribution in [0, 0.1) is 20.8 Å². The Balaban J connectivity index is 1.71. The Morgan fingerprint density at radius 2 is 1.61 bits per heavy atom. The number of ketones is 1. The van der Waals surface area contributed by atoms with Gasteiger partial charge in [-0.1, -0.05) is 42.5 Å². The number of H-pyrrole nitrogens is 1. The van der Waals surface area contributed by atoms with Gasteiger partial charge in [-0.05, 0) is 38.5 Å². The number of hydrogen-bond donors (Lipinski definition) is 2. The van der Waals surface area contributed by atoms with Crippen molar-refractivity contribution >= 4 is 38.9 Å². The van der Waals surface area contributed by atoms with Gasteiger partial charge in [-0.15, -0.1) is 11.3 Å². The van der Waals surface area contributed by atoms with Gasteiger partial charge in [0.1, 0.15) is 0 Å². The second-order valence-corrected chi connectivity index (χ2v) is 8.03. The van der Waals surface area contributed by atoms with E-state index in [0.717, 1.165) is 20.8 Å². The summed E-state index contributed by atoms with van der Waals surface area (Å²) in [5, 5.41) is 2.95. The summed E-state index contributed by atoms with van der Waals surface area (Å²) in [4.78, 5) is 30.3. The number of thiophene rings is 1. The van der Waals surface area contributed by atoms with Crippen molar-refractivity contribution in [1.29, 1.82) is 0 Å². The number of aromatic amines is 1. The first-order valence-corrected chi connectivity index (χ1v) is 9.87. The Bertz CT molecular complexity index is 1200. The maximum Gasteiger partial charge on any atom is 0.258 e. The lowest BCUT2D eigenvalue weighted by molar-refractivity contribution is 0.102. The van der Waals surface area contributed by atoms with Crippen LogP contribution in [0.15, 0.2) is 54.6 Å². The standard InChI is InChI=1S/C23H20N2O2S/c1-13-14(2)24-20-19(15(3)28-22(13)20)23(27)25-18-12-8-7-11-17(18)21(26)16-9-5-4-6-10-16/h4-12,24H,1-3H3,(H,25,27). The summed E-state index contributed by atoms with van der Waals surface area (Å²) in [6, 6.07) is 16.2. The number of anilines is 1. The fourth-order valence-electron chi connectivity index (χ4n) is 3.37. The SMILES string of the molecule is Cc1[nH]c2c(C(=O)Nc3ccccc3C(=O)c3ccccc3)c(C)sc2c1C. The third-order valence-corrected chi connectivity index (χ3v) is 6.21. The van der Waals surface area contributed by atoms with Crippen LogP contribution in [0.5, 0.6) is 0 Å². The molecule has 0 radical (unpaired) electrons. The smallest absolute Gasteiger partial charge is 0.258 e. The molecule has 2 aromatic carbocycles. The third kappa shape index (κ3) is 3.04. The lowest BCUT2D eigenvalue weighted by Crippen LogP contribution is -2.15. The summed E-state index contributed by atoms with van der Waals surface area (Å²) in [6.45, 7) is 6.01. The quantitative estimate of drug-likeness (QED) is 0.445. The van der Waals surface area contributed by atoms with E-state index in [-0.39, 0.29) is 11.7 Å². The molecule has 140 valence electrons. The van der Waals surface area contributed by atoms with Crippen LogP contribution in [-0.2, 0) is 0 Å². The highest BCUT2D eigenvalue weighted by Crippen LogP contribution is 2.35. The monoisotopic (exact) mass is 388 g/mol. The van der Waals surface area contributed by atoms with Crippen LogP contribution in [0.4, 0.5) is 5.69 Å². The Labute approximate surface area is 167 Å². The molecule has 0 saturated heterocycles. The van der Waals surface area contributed by atoms with Crippen molar-refractivity contribution in [2.45, 2.75) is 20.8 Å². The molecule has 0 saturated carbocycles.